The lowest BCUT2D eigenvalue weighted by Crippen LogP contribution is -2.52. The molecule has 180 valence electrons. The first-order valence-electron chi connectivity index (χ1n) is 10.4. The van der Waals surface area contributed by atoms with Crippen LogP contribution in [-0.2, 0) is 24.1 Å². The second-order valence-corrected chi connectivity index (χ2v) is 8.07. The SMILES string of the molecule is Cc1nc(NCc2cnn(Cc3ccc(C(F)(F)F)nc3)c2)nc2c1NC(=O)[C@H]([C@@H](C)O)N2C. The fourth-order valence-corrected chi connectivity index (χ4v) is 3.72. The number of hydrogen-bond donors (Lipinski definition) is 3. The van der Waals surface area contributed by atoms with Crippen LogP contribution in [-0.4, -0.2) is 54.9 Å². The number of rotatable bonds is 6. The third-order valence-corrected chi connectivity index (χ3v) is 5.39. The highest BCUT2D eigenvalue weighted by atomic mass is 19.4. The van der Waals surface area contributed by atoms with Crippen molar-refractivity contribution < 1.29 is 23.1 Å². The molecule has 1 aliphatic heterocycles. The lowest BCUT2D eigenvalue weighted by atomic mass is 10.1. The van der Waals surface area contributed by atoms with Gasteiger partial charge in [0.25, 0.3) is 0 Å². The van der Waals surface area contributed by atoms with Gasteiger partial charge >= 0.3 is 6.18 Å². The summed E-state index contributed by atoms with van der Waals surface area (Å²) in [5.41, 5.74) is 1.52. The molecule has 0 bridgehead atoms. The van der Waals surface area contributed by atoms with E-state index in [2.05, 4.69) is 30.7 Å². The predicted octanol–water partition coefficient (Wildman–Crippen LogP) is 2.19. The number of anilines is 3. The van der Waals surface area contributed by atoms with Crippen LogP contribution in [0.1, 0.15) is 29.4 Å². The smallest absolute Gasteiger partial charge is 0.391 e. The minimum atomic E-state index is -4.47. The third-order valence-electron chi connectivity index (χ3n) is 5.39. The summed E-state index contributed by atoms with van der Waals surface area (Å²) in [6, 6.07) is 1.54. The van der Waals surface area contributed by atoms with Gasteiger partial charge in [0.1, 0.15) is 17.4 Å². The summed E-state index contributed by atoms with van der Waals surface area (Å²) in [6.07, 6.45) is -0.799. The molecule has 1 aliphatic rings. The maximum Gasteiger partial charge on any atom is 0.433 e. The van der Waals surface area contributed by atoms with E-state index in [0.717, 1.165) is 11.6 Å². The Morgan fingerprint density at radius 1 is 1.24 bits per heavy atom. The quantitative estimate of drug-likeness (QED) is 0.495. The second kappa shape index (κ2) is 8.89. The van der Waals surface area contributed by atoms with Gasteiger partial charge in [0.15, 0.2) is 5.82 Å². The molecule has 0 unspecified atom stereocenters. The first-order valence-corrected chi connectivity index (χ1v) is 10.4. The van der Waals surface area contributed by atoms with E-state index >= 15 is 0 Å². The summed E-state index contributed by atoms with van der Waals surface area (Å²) in [5.74, 6) is 0.502. The van der Waals surface area contributed by atoms with E-state index < -0.39 is 24.0 Å². The predicted molar refractivity (Wildman–Crippen MR) is 117 cm³/mol. The van der Waals surface area contributed by atoms with Crippen LogP contribution in [0.25, 0.3) is 0 Å². The number of alkyl halides is 3. The Morgan fingerprint density at radius 2 is 2.00 bits per heavy atom. The van der Waals surface area contributed by atoms with E-state index in [-0.39, 0.29) is 12.5 Å². The average molecular weight is 476 g/mol. The number of fused-ring (bicyclic) bond motifs is 1. The first-order chi connectivity index (χ1) is 16.0. The van der Waals surface area contributed by atoms with E-state index in [9.17, 15) is 23.1 Å². The van der Waals surface area contributed by atoms with Gasteiger partial charge in [0, 0.05) is 31.5 Å². The second-order valence-electron chi connectivity index (χ2n) is 8.07. The summed E-state index contributed by atoms with van der Waals surface area (Å²) in [6.45, 7) is 3.90. The first kappa shape index (κ1) is 23.4. The van der Waals surface area contributed by atoms with Crippen LogP contribution in [0.5, 0.6) is 0 Å². The number of nitrogens with zero attached hydrogens (tertiary/aromatic N) is 6. The highest BCUT2D eigenvalue weighted by Gasteiger charge is 2.36. The van der Waals surface area contributed by atoms with Crippen molar-refractivity contribution in [3.8, 4) is 0 Å². The number of halogens is 3. The Kier molecular flexibility index (Phi) is 6.13. The molecule has 3 N–H and O–H groups in total. The molecule has 0 fully saturated rings. The van der Waals surface area contributed by atoms with Crippen molar-refractivity contribution in [1.82, 2.24) is 24.7 Å². The van der Waals surface area contributed by atoms with Gasteiger partial charge in [-0.25, -0.2) is 4.98 Å². The van der Waals surface area contributed by atoms with Crippen molar-refractivity contribution in [1.29, 1.82) is 0 Å². The Balaban J connectivity index is 1.43. The number of aliphatic hydroxyl groups is 1. The van der Waals surface area contributed by atoms with E-state index in [1.807, 2.05) is 0 Å². The van der Waals surface area contributed by atoms with Crippen LogP contribution in [0, 0.1) is 6.92 Å². The van der Waals surface area contributed by atoms with Gasteiger partial charge < -0.3 is 20.6 Å². The number of aliphatic hydroxyl groups excluding tert-OH is 1. The van der Waals surface area contributed by atoms with Crippen molar-refractivity contribution in [3.63, 3.8) is 0 Å². The van der Waals surface area contributed by atoms with E-state index in [4.69, 9.17) is 0 Å². The zero-order chi connectivity index (χ0) is 24.6. The minimum Gasteiger partial charge on any atom is -0.391 e. The number of aromatic nitrogens is 5. The monoisotopic (exact) mass is 476 g/mol. The minimum absolute atomic E-state index is 0.269. The summed E-state index contributed by atoms with van der Waals surface area (Å²) >= 11 is 0. The Hall–Kier alpha value is -3.74. The lowest BCUT2D eigenvalue weighted by Gasteiger charge is -2.36. The Bertz CT molecular complexity index is 1190. The lowest BCUT2D eigenvalue weighted by molar-refractivity contribution is -0.141. The maximum absolute atomic E-state index is 12.7. The molecule has 0 radical (unpaired) electrons. The molecule has 4 rings (SSSR count). The van der Waals surface area contributed by atoms with Crippen molar-refractivity contribution in [3.05, 3.63) is 53.2 Å². The van der Waals surface area contributed by atoms with Gasteiger partial charge in [-0.1, -0.05) is 6.07 Å². The van der Waals surface area contributed by atoms with E-state index in [1.54, 1.807) is 35.9 Å². The fraction of sp³-hybridized carbons (Fsp3) is 0.381. The number of pyridine rings is 1. The van der Waals surface area contributed by atoms with Crippen LogP contribution in [0.15, 0.2) is 30.7 Å². The van der Waals surface area contributed by atoms with Gasteiger partial charge in [0.2, 0.25) is 11.9 Å². The molecule has 13 heteroatoms. The highest BCUT2D eigenvalue weighted by molar-refractivity contribution is 6.03. The normalized spacial score (nSPS) is 16.7. The largest absolute Gasteiger partial charge is 0.433 e. The molecule has 0 saturated heterocycles. The van der Waals surface area contributed by atoms with Gasteiger partial charge in [-0.15, -0.1) is 0 Å². The van der Waals surface area contributed by atoms with Crippen molar-refractivity contribution in [2.75, 3.05) is 22.6 Å². The van der Waals surface area contributed by atoms with Crippen molar-refractivity contribution in [2.24, 2.45) is 0 Å². The van der Waals surface area contributed by atoms with Gasteiger partial charge in [-0.3, -0.25) is 14.5 Å². The van der Waals surface area contributed by atoms with Crippen LogP contribution in [0.3, 0.4) is 0 Å². The summed E-state index contributed by atoms with van der Waals surface area (Å²) in [5, 5.41) is 20.1. The zero-order valence-corrected chi connectivity index (χ0v) is 18.6. The maximum atomic E-state index is 12.7. The summed E-state index contributed by atoms with van der Waals surface area (Å²) in [7, 11) is 1.69. The van der Waals surface area contributed by atoms with Gasteiger partial charge in [0.05, 0.1) is 24.5 Å². The average Bonchev–Trinajstić information content (AvgIpc) is 3.20. The Labute approximate surface area is 192 Å². The van der Waals surface area contributed by atoms with Crippen LogP contribution >= 0.6 is 0 Å². The number of carbonyl (C=O) groups excluding carboxylic acids is 1. The molecule has 0 aromatic carbocycles. The van der Waals surface area contributed by atoms with E-state index in [1.165, 1.54) is 19.2 Å². The molecule has 4 heterocycles. The molecule has 3 aromatic heterocycles. The van der Waals surface area contributed by atoms with Gasteiger partial charge in [-0.2, -0.15) is 23.3 Å². The van der Waals surface area contributed by atoms with Crippen LogP contribution < -0.4 is 15.5 Å². The van der Waals surface area contributed by atoms with E-state index in [0.29, 0.717) is 35.3 Å². The number of hydrogen-bond acceptors (Lipinski definition) is 8. The molecular formula is C21H23F3N8O2. The molecular weight excluding hydrogens is 453 g/mol. The topological polar surface area (TPSA) is 121 Å². The molecule has 0 spiro atoms. The van der Waals surface area contributed by atoms with Crippen molar-refractivity contribution in [2.45, 2.75) is 45.3 Å². The molecule has 1 amide bonds. The van der Waals surface area contributed by atoms with Crippen molar-refractivity contribution >= 4 is 23.4 Å². The molecule has 34 heavy (non-hydrogen) atoms. The van der Waals surface area contributed by atoms with Crippen LogP contribution in [0.2, 0.25) is 0 Å². The zero-order valence-electron chi connectivity index (χ0n) is 18.6. The number of nitrogens with one attached hydrogen (secondary N) is 2. The molecule has 0 saturated carbocycles. The molecule has 10 nitrogen and oxygen atoms in total. The fourth-order valence-electron chi connectivity index (χ4n) is 3.72. The molecule has 2 atom stereocenters. The summed E-state index contributed by atoms with van der Waals surface area (Å²) in [4.78, 5) is 26.3. The van der Waals surface area contributed by atoms with Crippen LogP contribution in [0.4, 0.5) is 30.6 Å². The number of amides is 1. The molecule has 0 aliphatic carbocycles. The number of likely N-dealkylation sites (N-methyl/N-ethyl adjacent to an activating group) is 1. The highest BCUT2D eigenvalue weighted by Crippen LogP contribution is 2.33. The molecule has 3 aromatic rings. The van der Waals surface area contributed by atoms with Gasteiger partial charge in [-0.05, 0) is 25.5 Å². The number of aryl methyl sites for hydroxylation is 1. The summed E-state index contributed by atoms with van der Waals surface area (Å²) < 4.78 is 39.6. The number of carbonyl (C=O) groups is 1. The standard InChI is InChI=1S/C21H23F3N8O2/c1-11-16-18(31(3)17(12(2)33)19(34)29-16)30-20(28-11)26-7-14-8-27-32(10-14)9-13-4-5-15(25-6-13)21(22,23)24/h4-6,8,10,12,17,33H,7,9H2,1-3H3,(H,29,34)(H,26,28,30)/t12-,17+/m1/s1. The Morgan fingerprint density at radius 3 is 2.65 bits per heavy atom. The third kappa shape index (κ3) is 4.78.